The highest BCUT2D eigenvalue weighted by molar-refractivity contribution is 7.89. The molecule has 0 aromatic heterocycles. The molecule has 1 fully saturated rings. The first-order valence-electron chi connectivity index (χ1n) is 6.95. The van der Waals surface area contributed by atoms with Crippen molar-refractivity contribution in [1.29, 1.82) is 0 Å². The second-order valence-corrected chi connectivity index (χ2v) is 8.04. The van der Waals surface area contributed by atoms with Gasteiger partial charge in [-0.3, -0.25) is 0 Å². The van der Waals surface area contributed by atoms with Crippen LogP contribution in [-0.2, 0) is 10.0 Å². The van der Waals surface area contributed by atoms with Crippen LogP contribution in [0.3, 0.4) is 0 Å². The lowest BCUT2D eigenvalue weighted by Crippen LogP contribution is -2.39. The summed E-state index contributed by atoms with van der Waals surface area (Å²) in [7, 11) is -3.56. The van der Waals surface area contributed by atoms with Crippen LogP contribution in [0.25, 0.3) is 0 Å². The van der Waals surface area contributed by atoms with Gasteiger partial charge in [-0.2, -0.15) is 4.31 Å². The molecular weight excluding hydrogens is 328 g/mol. The van der Waals surface area contributed by atoms with Crippen molar-refractivity contribution in [3.63, 3.8) is 0 Å². The Morgan fingerprint density at radius 2 is 2.24 bits per heavy atom. The lowest BCUT2D eigenvalue weighted by molar-refractivity contribution is 0.261. The fraction of sp³-hybridized carbons (Fsp3) is 0.500. The SMILES string of the molecule is CCC1CCCN(S(=O)(=O)c2ccc(C(N)=S)cc2Cl)C1. The van der Waals surface area contributed by atoms with Crippen LogP contribution in [0.5, 0.6) is 0 Å². The van der Waals surface area contributed by atoms with Crippen molar-refractivity contribution in [2.45, 2.75) is 31.1 Å². The molecule has 0 amide bonds. The summed E-state index contributed by atoms with van der Waals surface area (Å²) in [5.41, 5.74) is 6.10. The van der Waals surface area contributed by atoms with Gasteiger partial charge >= 0.3 is 0 Å². The van der Waals surface area contributed by atoms with E-state index in [1.807, 2.05) is 0 Å². The number of piperidine rings is 1. The second-order valence-electron chi connectivity index (χ2n) is 5.29. The van der Waals surface area contributed by atoms with Crippen LogP contribution in [0.1, 0.15) is 31.7 Å². The molecule has 2 N–H and O–H groups in total. The molecule has 0 saturated carbocycles. The molecule has 1 aromatic rings. The third kappa shape index (κ3) is 3.56. The maximum atomic E-state index is 12.7. The van der Waals surface area contributed by atoms with Crippen molar-refractivity contribution in [2.75, 3.05) is 13.1 Å². The molecule has 1 aliphatic heterocycles. The second kappa shape index (κ2) is 6.60. The Hall–Kier alpha value is -0.690. The predicted octanol–water partition coefficient (Wildman–Crippen LogP) is 2.78. The first-order valence-corrected chi connectivity index (χ1v) is 9.18. The number of nitrogens with zero attached hydrogens (tertiary/aromatic N) is 1. The zero-order chi connectivity index (χ0) is 15.6. The number of hydrogen-bond donors (Lipinski definition) is 1. The number of hydrogen-bond acceptors (Lipinski definition) is 3. The maximum Gasteiger partial charge on any atom is 0.244 e. The molecule has 1 unspecified atom stereocenters. The van der Waals surface area contributed by atoms with Gasteiger partial charge in [-0.1, -0.05) is 43.2 Å². The third-order valence-electron chi connectivity index (χ3n) is 3.89. The topological polar surface area (TPSA) is 63.4 Å². The average Bonchev–Trinajstić information content (AvgIpc) is 2.46. The highest BCUT2D eigenvalue weighted by Crippen LogP contribution is 2.29. The quantitative estimate of drug-likeness (QED) is 0.851. The number of rotatable bonds is 4. The van der Waals surface area contributed by atoms with Crippen LogP contribution in [-0.4, -0.2) is 30.8 Å². The average molecular weight is 347 g/mol. The van der Waals surface area contributed by atoms with Gasteiger partial charge in [-0.15, -0.1) is 0 Å². The molecule has 4 nitrogen and oxygen atoms in total. The van der Waals surface area contributed by atoms with Crippen molar-refractivity contribution in [3.8, 4) is 0 Å². The van der Waals surface area contributed by atoms with E-state index in [0.717, 1.165) is 19.3 Å². The molecular formula is C14H19ClN2O2S2. The van der Waals surface area contributed by atoms with Crippen LogP contribution in [0.2, 0.25) is 5.02 Å². The van der Waals surface area contributed by atoms with Gasteiger partial charge in [-0.05, 0) is 30.9 Å². The van der Waals surface area contributed by atoms with Gasteiger partial charge in [0, 0.05) is 18.7 Å². The van der Waals surface area contributed by atoms with Crippen molar-refractivity contribution in [1.82, 2.24) is 4.31 Å². The van der Waals surface area contributed by atoms with E-state index in [4.69, 9.17) is 29.6 Å². The van der Waals surface area contributed by atoms with E-state index < -0.39 is 10.0 Å². The molecule has 0 bridgehead atoms. The predicted molar refractivity (Wildman–Crippen MR) is 89.1 cm³/mol. The molecule has 2 rings (SSSR count). The summed E-state index contributed by atoms with van der Waals surface area (Å²) >= 11 is 11.0. The van der Waals surface area contributed by atoms with E-state index in [2.05, 4.69) is 6.92 Å². The molecule has 116 valence electrons. The first kappa shape index (κ1) is 16.7. The van der Waals surface area contributed by atoms with E-state index >= 15 is 0 Å². The molecule has 1 saturated heterocycles. The van der Waals surface area contributed by atoms with Crippen molar-refractivity contribution in [3.05, 3.63) is 28.8 Å². The van der Waals surface area contributed by atoms with Crippen molar-refractivity contribution >= 4 is 38.8 Å². The highest BCUT2D eigenvalue weighted by atomic mass is 35.5. The summed E-state index contributed by atoms with van der Waals surface area (Å²) in [6, 6.07) is 4.60. The molecule has 1 aliphatic rings. The Kier molecular flexibility index (Phi) is 5.24. The maximum absolute atomic E-state index is 12.7. The summed E-state index contributed by atoms with van der Waals surface area (Å²) in [5, 5.41) is 0.166. The number of nitrogens with two attached hydrogens (primary N) is 1. The third-order valence-corrected chi connectivity index (χ3v) is 6.48. The molecule has 7 heteroatoms. The Morgan fingerprint density at radius 3 is 2.81 bits per heavy atom. The smallest absolute Gasteiger partial charge is 0.244 e. The highest BCUT2D eigenvalue weighted by Gasteiger charge is 2.31. The van der Waals surface area contributed by atoms with Gasteiger partial charge in [-0.25, -0.2) is 8.42 Å². The van der Waals surface area contributed by atoms with Gasteiger partial charge < -0.3 is 5.73 Å². The number of halogens is 1. The minimum absolute atomic E-state index is 0.126. The monoisotopic (exact) mass is 346 g/mol. The Balaban J connectivity index is 2.33. The summed E-state index contributed by atoms with van der Waals surface area (Å²) in [6.07, 6.45) is 2.96. The standard InChI is InChI=1S/C14H19ClN2O2S2/c1-2-10-4-3-7-17(9-10)21(18,19)13-6-5-11(14(16)20)8-12(13)15/h5-6,8,10H,2-4,7,9H2,1H3,(H2,16,20). The van der Waals surface area contributed by atoms with E-state index in [-0.39, 0.29) is 14.9 Å². The zero-order valence-corrected chi connectivity index (χ0v) is 14.3. The number of sulfonamides is 1. The van der Waals surface area contributed by atoms with Gasteiger partial charge in [0.25, 0.3) is 0 Å². The summed E-state index contributed by atoms with van der Waals surface area (Å²) in [6.45, 7) is 3.20. The van der Waals surface area contributed by atoms with E-state index in [0.29, 0.717) is 24.6 Å². The van der Waals surface area contributed by atoms with Crippen LogP contribution in [0.15, 0.2) is 23.1 Å². The fourth-order valence-corrected chi connectivity index (χ4v) is 4.78. The number of thiocarbonyl (C=S) groups is 1. The summed E-state index contributed by atoms with van der Waals surface area (Å²) < 4.78 is 27.0. The normalized spacial score (nSPS) is 20.4. The minimum Gasteiger partial charge on any atom is -0.389 e. The molecule has 1 atom stereocenters. The van der Waals surface area contributed by atoms with Crippen LogP contribution < -0.4 is 5.73 Å². The molecule has 0 radical (unpaired) electrons. The number of benzene rings is 1. The molecule has 0 aliphatic carbocycles. The molecule has 21 heavy (non-hydrogen) atoms. The summed E-state index contributed by atoms with van der Waals surface area (Å²) in [5.74, 6) is 0.420. The zero-order valence-electron chi connectivity index (χ0n) is 11.9. The van der Waals surface area contributed by atoms with Crippen LogP contribution in [0, 0.1) is 5.92 Å². The fourth-order valence-electron chi connectivity index (χ4n) is 2.58. The van der Waals surface area contributed by atoms with Crippen LogP contribution in [0.4, 0.5) is 0 Å². The van der Waals surface area contributed by atoms with E-state index in [1.165, 1.54) is 16.4 Å². The van der Waals surface area contributed by atoms with Gasteiger partial charge in [0.2, 0.25) is 10.0 Å². The minimum atomic E-state index is -3.56. The van der Waals surface area contributed by atoms with E-state index in [1.54, 1.807) is 6.07 Å². The molecule has 1 aromatic carbocycles. The van der Waals surface area contributed by atoms with Gasteiger partial charge in [0.15, 0.2) is 0 Å². The lowest BCUT2D eigenvalue weighted by atomic mass is 9.97. The Labute approximate surface area is 136 Å². The molecule has 0 spiro atoms. The van der Waals surface area contributed by atoms with Gasteiger partial charge in [0.1, 0.15) is 9.88 Å². The first-order chi connectivity index (χ1) is 9.86. The van der Waals surface area contributed by atoms with E-state index in [9.17, 15) is 8.42 Å². The largest absolute Gasteiger partial charge is 0.389 e. The Bertz CT molecular complexity index is 646. The summed E-state index contributed by atoms with van der Waals surface area (Å²) in [4.78, 5) is 0.325. The Morgan fingerprint density at radius 1 is 1.52 bits per heavy atom. The van der Waals surface area contributed by atoms with Gasteiger partial charge in [0.05, 0.1) is 5.02 Å². The lowest BCUT2D eigenvalue weighted by Gasteiger charge is -2.31. The van der Waals surface area contributed by atoms with Crippen LogP contribution >= 0.6 is 23.8 Å². The van der Waals surface area contributed by atoms with Crippen molar-refractivity contribution < 1.29 is 8.42 Å². The van der Waals surface area contributed by atoms with Crippen molar-refractivity contribution in [2.24, 2.45) is 11.7 Å². The molecule has 1 heterocycles.